The zero-order valence-electron chi connectivity index (χ0n) is 18.9. The van der Waals surface area contributed by atoms with E-state index in [1.165, 1.54) is 17.0 Å². The van der Waals surface area contributed by atoms with E-state index in [1.807, 2.05) is 0 Å². The molecule has 0 saturated carbocycles. The van der Waals surface area contributed by atoms with Crippen LogP contribution in [0.5, 0.6) is 0 Å². The third-order valence-electron chi connectivity index (χ3n) is 6.87. The lowest BCUT2D eigenvalue weighted by atomic mass is 10.0. The zero-order chi connectivity index (χ0) is 23.8. The topological polar surface area (TPSA) is 62.9 Å². The molecule has 0 bridgehead atoms. The fraction of sp³-hybridized carbons (Fsp3) is 0.565. The van der Waals surface area contributed by atoms with Crippen molar-refractivity contribution in [2.24, 2.45) is 0 Å². The molecule has 2 aromatic rings. The number of aromatic amines is 1. The van der Waals surface area contributed by atoms with Gasteiger partial charge in [0, 0.05) is 49.5 Å². The molecule has 1 aromatic carbocycles. The van der Waals surface area contributed by atoms with Crippen LogP contribution in [0.2, 0.25) is 0 Å². The molecular weight excluding hydrogens is 435 g/mol. The number of rotatable bonds is 4. The molecule has 180 valence electrons. The average molecular weight is 466 g/mol. The molecule has 0 radical (unpaired) electrons. The summed E-state index contributed by atoms with van der Waals surface area (Å²) in [4.78, 5) is 34.6. The Morgan fingerprint density at radius 3 is 2.36 bits per heavy atom. The maximum absolute atomic E-state index is 13.9. The molecule has 2 amide bonds. The molecule has 0 aliphatic carbocycles. The van der Waals surface area contributed by atoms with E-state index in [-0.39, 0.29) is 10.5 Å². The number of hydrogen-bond donors (Lipinski definition) is 1. The molecular formula is C23H30F3N5O2. The van der Waals surface area contributed by atoms with E-state index in [0.717, 1.165) is 38.2 Å². The van der Waals surface area contributed by atoms with Gasteiger partial charge in [-0.1, -0.05) is 6.07 Å². The number of halogens is 3. The number of piperidine rings is 1. The predicted octanol–water partition coefficient (Wildman–Crippen LogP) is 2.76. The van der Waals surface area contributed by atoms with Crippen molar-refractivity contribution in [2.75, 3.05) is 46.3 Å². The molecule has 2 saturated heterocycles. The molecule has 1 atom stereocenters. The summed E-state index contributed by atoms with van der Waals surface area (Å²) < 4.78 is 41.8. The lowest BCUT2D eigenvalue weighted by Crippen LogP contribution is -2.59. The van der Waals surface area contributed by atoms with Crippen LogP contribution in [0.15, 0.2) is 30.5 Å². The number of nitrogens with one attached hydrogen (secondary N) is 1. The number of nitrogens with zero attached hydrogens (tertiary/aromatic N) is 4. The lowest BCUT2D eigenvalue weighted by Gasteiger charge is -2.43. The average Bonchev–Trinajstić information content (AvgIpc) is 3.26. The van der Waals surface area contributed by atoms with E-state index in [0.29, 0.717) is 37.7 Å². The smallest absolute Gasteiger partial charge is 0.361 e. The summed E-state index contributed by atoms with van der Waals surface area (Å²) in [5.74, 6) is -1.91. The Labute approximate surface area is 191 Å². The Balaban J connectivity index is 1.44. The summed E-state index contributed by atoms with van der Waals surface area (Å²) in [6, 6.07) is 4.90. The Morgan fingerprint density at radius 1 is 1.06 bits per heavy atom. The highest BCUT2D eigenvalue weighted by Crippen LogP contribution is 2.28. The second kappa shape index (κ2) is 9.34. The molecule has 3 heterocycles. The van der Waals surface area contributed by atoms with Crippen LogP contribution in [0.3, 0.4) is 0 Å². The number of amides is 2. The normalized spacial score (nSPS) is 20.2. The minimum absolute atomic E-state index is 0.117. The number of likely N-dealkylation sites (tertiary alicyclic amines) is 1. The molecule has 2 aliphatic heterocycles. The second-order valence-corrected chi connectivity index (χ2v) is 8.99. The van der Waals surface area contributed by atoms with Gasteiger partial charge in [0.05, 0.1) is 0 Å². The number of fused-ring (bicyclic) bond motifs is 1. The number of carbonyl (C=O) groups excluding carboxylic acids is 2. The van der Waals surface area contributed by atoms with Crippen molar-refractivity contribution in [3.05, 3.63) is 36.0 Å². The number of carbonyl (C=O) groups is 2. The first-order valence-corrected chi connectivity index (χ1v) is 11.3. The fourth-order valence-corrected chi connectivity index (χ4v) is 4.87. The zero-order valence-corrected chi connectivity index (χ0v) is 18.9. The quantitative estimate of drug-likeness (QED) is 0.706. The van der Waals surface area contributed by atoms with E-state index < -0.39 is 24.2 Å². The van der Waals surface area contributed by atoms with Gasteiger partial charge in [0.15, 0.2) is 0 Å². The van der Waals surface area contributed by atoms with Gasteiger partial charge in [0.25, 0.3) is 5.91 Å². The van der Waals surface area contributed by atoms with Crippen LogP contribution in [0.1, 0.15) is 30.1 Å². The largest absolute Gasteiger partial charge is 0.488 e. The third-order valence-corrected chi connectivity index (χ3v) is 6.87. The van der Waals surface area contributed by atoms with Gasteiger partial charge in [-0.05, 0) is 63.5 Å². The fourth-order valence-electron chi connectivity index (χ4n) is 4.87. The van der Waals surface area contributed by atoms with Gasteiger partial charge < -0.3 is 14.8 Å². The van der Waals surface area contributed by atoms with Crippen LogP contribution in [0.25, 0.3) is 10.9 Å². The van der Waals surface area contributed by atoms with Crippen LogP contribution in [0.4, 0.5) is 13.2 Å². The van der Waals surface area contributed by atoms with Crippen molar-refractivity contribution in [2.45, 2.75) is 38.1 Å². The maximum Gasteiger partial charge on any atom is 0.488 e. The van der Waals surface area contributed by atoms with Gasteiger partial charge >= 0.3 is 6.30 Å². The van der Waals surface area contributed by atoms with Gasteiger partial charge in [0.1, 0.15) is 6.04 Å². The number of H-pyrrole nitrogens is 1. The Hall–Kier alpha value is -2.59. The van der Waals surface area contributed by atoms with Gasteiger partial charge in [0.2, 0.25) is 5.91 Å². The Kier molecular flexibility index (Phi) is 6.67. The monoisotopic (exact) mass is 465 g/mol. The van der Waals surface area contributed by atoms with E-state index in [4.69, 9.17) is 0 Å². The van der Waals surface area contributed by atoms with Crippen molar-refractivity contribution in [3.63, 3.8) is 0 Å². The number of piperazine rings is 1. The van der Waals surface area contributed by atoms with E-state index in [1.54, 1.807) is 18.3 Å². The molecule has 0 unspecified atom stereocenters. The third kappa shape index (κ3) is 5.01. The van der Waals surface area contributed by atoms with Crippen LogP contribution in [0, 0.1) is 0 Å². The van der Waals surface area contributed by atoms with Crippen molar-refractivity contribution in [1.82, 2.24) is 24.6 Å². The number of aromatic nitrogens is 1. The highest BCUT2D eigenvalue weighted by Gasteiger charge is 2.47. The second-order valence-electron chi connectivity index (χ2n) is 8.99. The number of alkyl halides is 3. The first kappa shape index (κ1) is 23.6. The first-order valence-electron chi connectivity index (χ1n) is 11.3. The van der Waals surface area contributed by atoms with Crippen LogP contribution in [-0.2, 0) is 4.79 Å². The molecule has 33 heavy (non-hydrogen) atoms. The van der Waals surface area contributed by atoms with Crippen molar-refractivity contribution in [1.29, 1.82) is 0 Å². The van der Waals surface area contributed by atoms with E-state index in [9.17, 15) is 22.8 Å². The molecule has 2 fully saturated rings. The van der Waals surface area contributed by atoms with Crippen LogP contribution < -0.4 is 0 Å². The summed E-state index contributed by atoms with van der Waals surface area (Å²) in [6.07, 6.45) is -1.21. The van der Waals surface area contributed by atoms with Gasteiger partial charge in [-0.25, -0.2) is 4.90 Å². The molecule has 4 rings (SSSR count). The predicted molar refractivity (Wildman–Crippen MR) is 119 cm³/mol. The summed E-state index contributed by atoms with van der Waals surface area (Å²) in [5.41, 5.74) is 0.445. The molecule has 7 nitrogen and oxygen atoms in total. The summed E-state index contributed by atoms with van der Waals surface area (Å²) >= 11 is 0. The van der Waals surface area contributed by atoms with Crippen LogP contribution in [-0.4, -0.2) is 101 Å². The Morgan fingerprint density at radius 2 is 1.73 bits per heavy atom. The first-order chi connectivity index (χ1) is 15.6. The molecule has 1 aromatic heterocycles. The standard InChI is InChI=1S/C23H30F3N5O2/c1-16(21(32)30-13-11-29(12-14-30)19-6-9-28(2)10-7-19)31(23(24,25)26)22(33)18-4-3-17-5-8-27-20(17)15-18/h3-5,8,15-16,19,27H,6-7,9-14H2,1-2H3/t16-/m0/s1. The highest BCUT2D eigenvalue weighted by atomic mass is 19.4. The minimum atomic E-state index is -4.98. The molecule has 1 N–H and O–H groups in total. The van der Waals surface area contributed by atoms with Gasteiger partial charge in [-0.2, -0.15) is 0 Å². The highest BCUT2D eigenvalue weighted by molar-refractivity contribution is 6.00. The summed E-state index contributed by atoms with van der Waals surface area (Å²) in [6.45, 7) is 5.21. The lowest BCUT2D eigenvalue weighted by molar-refractivity contribution is -0.235. The number of benzene rings is 1. The SMILES string of the molecule is C[C@@H](C(=O)N1CCN(C2CCN(C)CC2)CC1)N(C(=O)c1ccc2cc[nH]c2c1)C(F)(F)F. The Bertz CT molecular complexity index is 991. The summed E-state index contributed by atoms with van der Waals surface area (Å²) in [5, 5.41) is 0.789. The van der Waals surface area contributed by atoms with Gasteiger partial charge in [-0.3, -0.25) is 14.5 Å². The van der Waals surface area contributed by atoms with E-state index in [2.05, 4.69) is 21.8 Å². The van der Waals surface area contributed by atoms with Crippen molar-refractivity contribution in [3.8, 4) is 0 Å². The van der Waals surface area contributed by atoms with Crippen LogP contribution >= 0.6 is 0 Å². The molecule has 2 aliphatic rings. The number of hydrogen-bond acceptors (Lipinski definition) is 4. The summed E-state index contributed by atoms with van der Waals surface area (Å²) in [7, 11) is 2.10. The van der Waals surface area contributed by atoms with E-state index >= 15 is 0 Å². The molecule has 10 heteroatoms. The van der Waals surface area contributed by atoms with Crippen molar-refractivity contribution >= 4 is 22.7 Å². The molecule has 0 spiro atoms. The van der Waals surface area contributed by atoms with Gasteiger partial charge in [-0.15, -0.1) is 13.2 Å². The van der Waals surface area contributed by atoms with Crippen molar-refractivity contribution < 1.29 is 22.8 Å². The minimum Gasteiger partial charge on any atom is -0.361 e. The maximum atomic E-state index is 13.9.